The van der Waals surface area contributed by atoms with Crippen molar-refractivity contribution in [1.29, 1.82) is 0 Å². The minimum Gasteiger partial charge on any atom is -0.484 e. The summed E-state index contributed by atoms with van der Waals surface area (Å²) < 4.78 is 30.0. The van der Waals surface area contributed by atoms with E-state index in [2.05, 4.69) is 0 Å². The molecule has 150 valence electrons. The van der Waals surface area contributed by atoms with Crippen LogP contribution in [0, 0.1) is 0 Å². The Bertz CT molecular complexity index is 915. The molecule has 1 heterocycles. The minimum absolute atomic E-state index is 0.0903. The SMILES string of the molecule is CC(C)(C)S(=O)(=O)[C@H]1CCN(C(=O)COc2ccc(-c3ccccc3)cc2)C1. The third kappa shape index (κ3) is 4.38. The molecule has 6 heteroatoms. The fraction of sp³-hybridized carbons (Fsp3) is 0.409. The molecule has 1 saturated heterocycles. The van der Waals surface area contributed by atoms with E-state index >= 15 is 0 Å². The number of rotatable bonds is 5. The zero-order chi connectivity index (χ0) is 20.4. The first-order valence-corrected chi connectivity index (χ1v) is 11.0. The molecule has 0 aliphatic carbocycles. The number of likely N-dealkylation sites (tertiary alicyclic amines) is 1. The van der Waals surface area contributed by atoms with Gasteiger partial charge in [0.15, 0.2) is 16.4 Å². The number of hydrogen-bond donors (Lipinski definition) is 0. The van der Waals surface area contributed by atoms with E-state index in [9.17, 15) is 13.2 Å². The first-order chi connectivity index (χ1) is 13.2. The molecule has 28 heavy (non-hydrogen) atoms. The van der Waals surface area contributed by atoms with E-state index in [0.29, 0.717) is 18.7 Å². The van der Waals surface area contributed by atoms with E-state index in [-0.39, 0.29) is 19.1 Å². The van der Waals surface area contributed by atoms with Crippen molar-refractivity contribution in [2.75, 3.05) is 19.7 Å². The number of hydrogen-bond acceptors (Lipinski definition) is 4. The summed E-state index contributed by atoms with van der Waals surface area (Å²) in [6, 6.07) is 17.6. The number of nitrogens with zero attached hydrogens (tertiary/aromatic N) is 1. The topological polar surface area (TPSA) is 63.7 Å². The van der Waals surface area contributed by atoms with Gasteiger partial charge in [0.25, 0.3) is 5.91 Å². The monoisotopic (exact) mass is 401 g/mol. The molecule has 0 saturated carbocycles. The van der Waals surface area contributed by atoms with Crippen LogP contribution < -0.4 is 4.74 Å². The molecule has 0 radical (unpaired) electrons. The highest BCUT2D eigenvalue weighted by Gasteiger charge is 2.41. The molecule has 1 aliphatic heterocycles. The number of carbonyl (C=O) groups is 1. The molecule has 0 unspecified atom stereocenters. The van der Waals surface area contributed by atoms with Crippen molar-refractivity contribution < 1.29 is 17.9 Å². The Kier molecular flexibility index (Phi) is 5.79. The van der Waals surface area contributed by atoms with Gasteiger partial charge in [0.2, 0.25) is 0 Å². The predicted octanol–water partition coefficient (Wildman–Crippen LogP) is 3.55. The van der Waals surface area contributed by atoms with Crippen molar-refractivity contribution in [3.63, 3.8) is 0 Å². The van der Waals surface area contributed by atoms with Crippen molar-refractivity contribution in [1.82, 2.24) is 4.90 Å². The van der Waals surface area contributed by atoms with Gasteiger partial charge in [0.1, 0.15) is 5.75 Å². The van der Waals surface area contributed by atoms with E-state index in [1.807, 2.05) is 54.6 Å². The van der Waals surface area contributed by atoms with Gasteiger partial charge in [0, 0.05) is 13.1 Å². The van der Waals surface area contributed by atoms with Crippen LogP contribution in [0.15, 0.2) is 54.6 Å². The lowest BCUT2D eigenvalue weighted by molar-refractivity contribution is -0.132. The normalized spacial score (nSPS) is 17.5. The van der Waals surface area contributed by atoms with E-state index < -0.39 is 19.8 Å². The van der Waals surface area contributed by atoms with Crippen molar-refractivity contribution in [3.8, 4) is 16.9 Å². The zero-order valence-corrected chi connectivity index (χ0v) is 17.4. The highest BCUT2D eigenvalue weighted by molar-refractivity contribution is 7.93. The lowest BCUT2D eigenvalue weighted by atomic mass is 10.1. The maximum atomic E-state index is 12.6. The Morgan fingerprint density at radius 1 is 1.04 bits per heavy atom. The summed E-state index contributed by atoms with van der Waals surface area (Å²) in [6.07, 6.45) is 0.483. The lowest BCUT2D eigenvalue weighted by Gasteiger charge is -2.24. The van der Waals surface area contributed by atoms with Gasteiger partial charge in [0.05, 0.1) is 10.00 Å². The molecule has 1 fully saturated rings. The van der Waals surface area contributed by atoms with Crippen molar-refractivity contribution >= 4 is 15.7 Å². The van der Waals surface area contributed by atoms with Crippen molar-refractivity contribution in [2.45, 2.75) is 37.2 Å². The van der Waals surface area contributed by atoms with Gasteiger partial charge in [-0.1, -0.05) is 42.5 Å². The van der Waals surface area contributed by atoms with Crippen LogP contribution in [0.3, 0.4) is 0 Å². The summed E-state index contributed by atoms with van der Waals surface area (Å²) >= 11 is 0. The maximum absolute atomic E-state index is 12.6. The van der Waals surface area contributed by atoms with Crippen LogP contribution in [0.4, 0.5) is 0 Å². The fourth-order valence-corrected chi connectivity index (χ4v) is 5.11. The summed E-state index contributed by atoms with van der Waals surface area (Å²) in [5.74, 6) is 0.435. The third-order valence-corrected chi connectivity index (χ3v) is 8.08. The van der Waals surface area contributed by atoms with Crippen LogP contribution >= 0.6 is 0 Å². The second-order valence-corrected chi connectivity index (χ2v) is 11.1. The number of amides is 1. The van der Waals surface area contributed by atoms with E-state index in [1.165, 1.54) is 0 Å². The first-order valence-electron chi connectivity index (χ1n) is 9.48. The molecule has 0 bridgehead atoms. The van der Waals surface area contributed by atoms with Gasteiger partial charge >= 0.3 is 0 Å². The van der Waals surface area contributed by atoms with Gasteiger partial charge in [-0.05, 0) is 50.5 Å². The zero-order valence-electron chi connectivity index (χ0n) is 16.6. The number of ether oxygens (including phenoxy) is 1. The molecule has 2 aromatic carbocycles. The number of carbonyl (C=O) groups excluding carboxylic acids is 1. The Morgan fingerprint density at radius 2 is 1.64 bits per heavy atom. The third-order valence-electron chi connectivity index (χ3n) is 5.11. The predicted molar refractivity (Wildman–Crippen MR) is 111 cm³/mol. The standard InChI is InChI=1S/C22H27NO4S/c1-22(2,3)28(25,26)20-13-14-23(15-20)21(24)16-27-19-11-9-18(10-12-19)17-7-5-4-6-8-17/h4-12,20H,13-16H2,1-3H3/t20-/m0/s1. The van der Waals surface area contributed by atoms with E-state index in [1.54, 1.807) is 25.7 Å². The molecule has 3 rings (SSSR count). The molecule has 0 N–H and O–H groups in total. The molecular formula is C22H27NO4S. The highest BCUT2D eigenvalue weighted by Crippen LogP contribution is 2.27. The van der Waals surface area contributed by atoms with Crippen molar-refractivity contribution in [2.24, 2.45) is 0 Å². The quantitative estimate of drug-likeness (QED) is 0.769. The molecule has 5 nitrogen and oxygen atoms in total. The average Bonchev–Trinajstić information content (AvgIpc) is 3.17. The van der Waals surface area contributed by atoms with Gasteiger partial charge in [-0.2, -0.15) is 0 Å². The smallest absolute Gasteiger partial charge is 0.260 e. The molecule has 0 aromatic heterocycles. The second kappa shape index (κ2) is 7.95. The minimum atomic E-state index is -3.28. The summed E-state index contributed by atoms with van der Waals surface area (Å²) in [5, 5.41) is -0.499. The number of sulfone groups is 1. The van der Waals surface area contributed by atoms with Crippen LogP contribution in [0.5, 0.6) is 5.75 Å². The van der Waals surface area contributed by atoms with Gasteiger partial charge in [-0.3, -0.25) is 4.79 Å². The van der Waals surface area contributed by atoms with Crippen LogP contribution in [0.25, 0.3) is 11.1 Å². The Morgan fingerprint density at radius 3 is 2.25 bits per heavy atom. The van der Waals surface area contributed by atoms with Crippen LogP contribution in [-0.4, -0.2) is 48.9 Å². The van der Waals surface area contributed by atoms with E-state index in [0.717, 1.165) is 11.1 Å². The Balaban J connectivity index is 1.55. The van der Waals surface area contributed by atoms with Gasteiger partial charge in [-0.25, -0.2) is 8.42 Å². The summed E-state index contributed by atoms with van der Waals surface area (Å²) in [6.45, 7) is 5.72. The molecular weight excluding hydrogens is 374 g/mol. The van der Waals surface area contributed by atoms with E-state index in [4.69, 9.17) is 4.74 Å². The van der Waals surface area contributed by atoms with Gasteiger partial charge in [-0.15, -0.1) is 0 Å². The lowest BCUT2D eigenvalue weighted by Crippen LogP contribution is -2.40. The van der Waals surface area contributed by atoms with Crippen LogP contribution in [-0.2, 0) is 14.6 Å². The van der Waals surface area contributed by atoms with Crippen LogP contribution in [0.2, 0.25) is 0 Å². The Labute approximate surface area is 167 Å². The van der Waals surface area contributed by atoms with Gasteiger partial charge < -0.3 is 9.64 Å². The van der Waals surface area contributed by atoms with Crippen LogP contribution in [0.1, 0.15) is 27.2 Å². The number of benzene rings is 2. The summed E-state index contributed by atoms with van der Waals surface area (Å²) in [5.41, 5.74) is 2.20. The second-order valence-electron chi connectivity index (χ2n) is 8.09. The average molecular weight is 402 g/mol. The molecule has 1 amide bonds. The largest absolute Gasteiger partial charge is 0.484 e. The maximum Gasteiger partial charge on any atom is 0.260 e. The van der Waals surface area contributed by atoms with Crippen molar-refractivity contribution in [3.05, 3.63) is 54.6 Å². The highest BCUT2D eigenvalue weighted by atomic mass is 32.2. The molecule has 1 atom stereocenters. The Hall–Kier alpha value is -2.34. The molecule has 1 aliphatic rings. The molecule has 2 aromatic rings. The fourth-order valence-electron chi connectivity index (χ4n) is 3.32. The summed E-state index contributed by atoms with van der Waals surface area (Å²) in [4.78, 5) is 14.0. The molecule has 0 spiro atoms. The first kappa shape index (κ1) is 20.4. The summed E-state index contributed by atoms with van der Waals surface area (Å²) in [7, 11) is -3.28.